The van der Waals surface area contributed by atoms with Crippen molar-refractivity contribution >= 4 is 22.7 Å². The Labute approximate surface area is 67.8 Å². The molecule has 0 spiro atoms. The standard InChI is InChI=1S/C5H7ClN2O3/c6-3-1-2(11-8-3)4(7)5(9)10/h2,4H,1,7H2,(H,9,10)/t2-,4?/m0/s1. The predicted molar refractivity (Wildman–Crippen MR) is 38.4 cm³/mol. The van der Waals surface area contributed by atoms with Gasteiger partial charge in [-0.1, -0.05) is 16.8 Å². The zero-order chi connectivity index (χ0) is 8.43. The number of nitrogens with two attached hydrogens (primary N) is 1. The van der Waals surface area contributed by atoms with Gasteiger partial charge in [-0.2, -0.15) is 0 Å². The molecule has 62 valence electrons. The number of nitrogens with zero attached hydrogens (tertiary/aromatic N) is 1. The monoisotopic (exact) mass is 178 g/mol. The molecule has 0 aliphatic carbocycles. The van der Waals surface area contributed by atoms with E-state index in [1.54, 1.807) is 0 Å². The molecule has 1 rings (SSSR count). The first-order valence-electron chi connectivity index (χ1n) is 2.98. The first kappa shape index (κ1) is 8.29. The molecule has 0 amide bonds. The summed E-state index contributed by atoms with van der Waals surface area (Å²) >= 11 is 5.43. The number of hydrogen-bond acceptors (Lipinski definition) is 4. The Morgan fingerprint density at radius 2 is 2.64 bits per heavy atom. The van der Waals surface area contributed by atoms with Crippen LogP contribution in [0.25, 0.3) is 0 Å². The van der Waals surface area contributed by atoms with Crippen LogP contribution in [-0.2, 0) is 9.63 Å². The first-order valence-corrected chi connectivity index (χ1v) is 3.35. The van der Waals surface area contributed by atoms with E-state index in [-0.39, 0.29) is 11.6 Å². The highest BCUT2D eigenvalue weighted by molar-refractivity contribution is 6.65. The van der Waals surface area contributed by atoms with Crippen molar-refractivity contribution in [1.29, 1.82) is 0 Å². The molecular formula is C5H7ClN2O3. The molecule has 6 heteroatoms. The van der Waals surface area contributed by atoms with E-state index in [2.05, 4.69) is 9.99 Å². The van der Waals surface area contributed by atoms with Gasteiger partial charge in [0.15, 0.2) is 6.10 Å². The third-order valence-electron chi connectivity index (χ3n) is 1.34. The van der Waals surface area contributed by atoms with Crippen LogP contribution in [0, 0.1) is 0 Å². The quantitative estimate of drug-likeness (QED) is 0.610. The van der Waals surface area contributed by atoms with E-state index in [4.69, 9.17) is 22.4 Å². The maximum atomic E-state index is 10.3. The van der Waals surface area contributed by atoms with Crippen LogP contribution in [0.2, 0.25) is 0 Å². The zero-order valence-electron chi connectivity index (χ0n) is 5.53. The van der Waals surface area contributed by atoms with Crippen molar-refractivity contribution in [2.24, 2.45) is 10.9 Å². The van der Waals surface area contributed by atoms with Crippen molar-refractivity contribution in [2.75, 3.05) is 0 Å². The summed E-state index contributed by atoms with van der Waals surface area (Å²) in [6.07, 6.45) is -0.352. The fraction of sp³-hybridized carbons (Fsp3) is 0.600. The van der Waals surface area contributed by atoms with E-state index in [9.17, 15) is 4.79 Å². The molecule has 5 nitrogen and oxygen atoms in total. The fourth-order valence-electron chi connectivity index (χ4n) is 0.717. The summed E-state index contributed by atoms with van der Waals surface area (Å²) in [5.41, 5.74) is 5.23. The Kier molecular flexibility index (Phi) is 2.31. The number of carboxylic acid groups (broad SMARTS) is 1. The summed E-state index contributed by atoms with van der Waals surface area (Å²) in [6.45, 7) is 0. The third kappa shape index (κ3) is 1.81. The molecular weight excluding hydrogens is 172 g/mol. The van der Waals surface area contributed by atoms with E-state index in [0.29, 0.717) is 0 Å². The van der Waals surface area contributed by atoms with Gasteiger partial charge in [-0.15, -0.1) is 0 Å². The summed E-state index contributed by atoms with van der Waals surface area (Å²) in [7, 11) is 0. The molecule has 0 aromatic carbocycles. The number of hydrogen-bond donors (Lipinski definition) is 2. The number of oxime groups is 1. The Morgan fingerprint density at radius 3 is 3.00 bits per heavy atom. The second kappa shape index (κ2) is 3.06. The van der Waals surface area contributed by atoms with Crippen LogP contribution in [0.4, 0.5) is 0 Å². The first-order chi connectivity index (χ1) is 5.11. The van der Waals surface area contributed by atoms with Crippen LogP contribution in [0.1, 0.15) is 6.42 Å². The van der Waals surface area contributed by atoms with Crippen LogP contribution in [0.15, 0.2) is 5.16 Å². The molecule has 11 heavy (non-hydrogen) atoms. The molecule has 0 saturated heterocycles. The van der Waals surface area contributed by atoms with Gasteiger partial charge in [-0.3, -0.25) is 4.79 Å². The van der Waals surface area contributed by atoms with Crippen molar-refractivity contribution in [3.05, 3.63) is 0 Å². The fourth-order valence-corrected chi connectivity index (χ4v) is 0.909. The average Bonchev–Trinajstić information content (AvgIpc) is 2.34. The van der Waals surface area contributed by atoms with Gasteiger partial charge in [0.05, 0.1) is 0 Å². The van der Waals surface area contributed by atoms with Gasteiger partial charge in [0.2, 0.25) is 0 Å². The van der Waals surface area contributed by atoms with E-state index in [1.807, 2.05) is 0 Å². The normalized spacial score (nSPS) is 25.6. The minimum absolute atomic E-state index is 0.256. The van der Waals surface area contributed by atoms with Crippen LogP contribution in [0.5, 0.6) is 0 Å². The highest BCUT2D eigenvalue weighted by atomic mass is 35.5. The molecule has 0 saturated carbocycles. The molecule has 3 N–H and O–H groups in total. The number of halogens is 1. The van der Waals surface area contributed by atoms with Gasteiger partial charge in [-0.05, 0) is 0 Å². The number of carboxylic acids is 1. The van der Waals surface area contributed by atoms with Crippen molar-refractivity contribution in [1.82, 2.24) is 0 Å². The molecule has 1 heterocycles. The lowest BCUT2D eigenvalue weighted by atomic mass is 10.1. The van der Waals surface area contributed by atoms with Gasteiger partial charge in [0.1, 0.15) is 11.2 Å². The maximum Gasteiger partial charge on any atom is 0.324 e. The van der Waals surface area contributed by atoms with Crippen LogP contribution in [0.3, 0.4) is 0 Å². The molecule has 1 aliphatic rings. The van der Waals surface area contributed by atoms with Crippen molar-refractivity contribution < 1.29 is 14.7 Å². The highest BCUT2D eigenvalue weighted by Gasteiger charge is 2.30. The van der Waals surface area contributed by atoms with E-state index < -0.39 is 18.1 Å². The molecule has 0 fully saturated rings. The Bertz CT molecular complexity index is 206. The maximum absolute atomic E-state index is 10.3. The van der Waals surface area contributed by atoms with Crippen molar-refractivity contribution in [3.63, 3.8) is 0 Å². The lowest BCUT2D eigenvalue weighted by Gasteiger charge is -2.11. The van der Waals surface area contributed by atoms with Gasteiger partial charge in [0.25, 0.3) is 0 Å². The van der Waals surface area contributed by atoms with E-state index in [0.717, 1.165) is 0 Å². The van der Waals surface area contributed by atoms with Crippen LogP contribution >= 0.6 is 11.6 Å². The summed E-state index contributed by atoms with van der Waals surface area (Å²) in [5, 5.41) is 12.0. The number of carbonyl (C=O) groups is 1. The van der Waals surface area contributed by atoms with Crippen LogP contribution < -0.4 is 5.73 Å². The van der Waals surface area contributed by atoms with Crippen LogP contribution in [-0.4, -0.2) is 28.4 Å². The van der Waals surface area contributed by atoms with E-state index >= 15 is 0 Å². The molecule has 0 radical (unpaired) electrons. The lowest BCUT2D eigenvalue weighted by molar-refractivity contribution is -0.141. The van der Waals surface area contributed by atoms with Crippen molar-refractivity contribution in [3.8, 4) is 0 Å². The van der Waals surface area contributed by atoms with Gasteiger partial charge in [-0.25, -0.2) is 0 Å². The summed E-state index contributed by atoms with van der Waals surface area (Å²) in [4.78, 5) is 14.9. The van der Waals surface area contributed by atoms with Gasteiger partial charge >= 0.3 is 5.97 Å². The second-order valence-corrected chi connectivity index (χ2v) is 2.62. The molecule has 1 unspecified atom stereocenters. The Morgan fingerprint density at radius 1 is 2.00 bits per heavy atom. The molecule has 0 aromatic rings. The van der Waals surface area contributed by atoms with Gasteiger partial charge in [0, 0.05) is 6.42 Å². The average molecular weight is 179 g/mol. The summed E-state index contributed by atoms with van der Waals surface area (Å²) < 4.78 is 0. The molecule has 2 atom stereocenters. The lowest BCUT2D eigenvalue weighted by Crippen LogP contribution is -2.41. The largest absolute Gasteiger partial charge is 0.480 e. The highest BCUT2D eigenvalue weighted by Crippen LogP contribution is 2.14. The molecule has 1 aliphatic heterocycles. The zero-order valence-corrected chi connectivity index (χ0v) is 6.28. The van der Waals surface area contributed by atoms with E-state index in [1.165, 1.54) is 0 Å². The third-order valence-corrected chi connectivity index (χ3v) is 1.57. The molecule has 0 bridgehead atoms. The minimum Gasteiger partial charge on any atom is -0.480 e. The Hall–Kier alpha value is -0.810. The number of rotatable bonds is 2. The Balaban J connectivity index is 2.47. The SMILES string of the molecule is NC(C(=O)O)[C@@H]1CC(Cl)=NO1. The number of aliphatic carboxylic acids is 1. The molecule has 0 aromatic heterocycles. The predicted octanol–water partition coefficient (Wildman–Crippen LogP) is -0.260. The summed E-state index contributed by atoms with van der Waals surface area (Å²) in [6, 6.07) is -1.06. The van der Waals surface area contributed by atoms with Crippen molar-refractivity contribution in [2.45, 2.75) is 18.6 Å². The second-order valence-electron chi connectivity index (χ2n) is 2.18. The minimum atomic E-state index is -1.11. The summed E-state index contributed by atoms with van der Waals surface area (Å²) in [5.74, 6) is -1.11. The van der Waals surface area contributed by atoms with Gasteiger partial charge < -0.3 is 15.7 Å². The topological polar surface area (TPSA) is 84.9 Å². The smallest absolute Gasteiger partial charge is 0.324 e.